The van der Waals surface area contributed by atoms with Gasteiger partial charge in [-0.05, 0) is 33.4 Å². The third kappa shape index (κ3) is 4.69. The highest BCUT2D eigenvalue weighted by molar-refractivity contribution is 5.39. The summed E-state index contributed by atoms with van der Waals surface area (Å²) >= 11 is 0. The van der Waals surface area contributed by atoms with Gasteiger partial charge in [0.05, 0.1) is 11.4 Å². The van der Waals surface area contributed by atoms with Gasteiger partial charge in [0, 0.05) is 19.3 Å². The minimum absolute atomic E-state index is 0.914. The van der Waals surface area contributed by atoms with Crippen molar-refractivity contribution in [1.29, 1.82) is 0 Å². The number of nitrogens with one attached hydrogen (secondary N) is 1. The van der Waals surface area contributed by atoms with Crippen LogP contribution < -0.4 is 5.32 Å². The Morgan fingerprint density at radius 1 is 1.24 bits per heavy atom. The van der Waals surface area contributed by atoms with Gasteiger partial charge in [-0.2, -0.15) is 0 Å². The Morgan fingerprint density at radius 3 is 2.65 bits per heavy atom. The van der Waals surface area contributed by atoms with Gasteiger partial charge in [0.25, 0.3) is 0 Å². The molecule has 1 N–H and O–H groups in total. The Morgan fingerprint density at radius 2 is 2.00 bits per heavy atom. The highest BCUT2D eigenvalue weighted by Crippen LogP contribution is 2.07. The molecule has 0 aromatic carbocycles. The van der Waals surface area contributed by atoms with Crippen molar-refractivity contribution in [2.75, 3.05) is 31.5 Å². The highest BCUT2D eigenvalue weighted by atomic mass is 15.1. The molecule has 0 bridgehead atoms. The number of hydrogen-bond donors (Lipinski definition) is 1. The molecule has 0 saturated carbocycles. The van der Waals surface area contributed by atoms with Crippen molar-refractivity contribution in [2.24, 2.45) is 0 Å². The maximum absolute atomic E-state index is 4.45. The normalized spacial score (nSPS) is 10.9. The van der Waals surface area contributed by atoms with Gasteiger partial charge in [-0.25, -0.2) is 4.98 Å². The van der Waals surface area contributed by atoms with Crippen LogP contribution in [0.1, 0.15) is 31.7 Å². The lowest BCUT2D eigenvalue weighted by atomic mass is 10.3. The van der Waals surface area contributed by atoms with Gasteiger partial charge < -0.3 is 10.2 Å². The van der Waals surface area contributed by atoms with Crippen LogP contribution in [-0.4, -0.2) is 41.0 Å². The standard InChI is InChI=1S/C13H24N4/c1-5-8-17(6-2)9-7-14-13-12(4)15-10-11(3)16-13/h10H,5-9H2,1-4H3,(H,14,16). The predicted molar refractivity (Wildman–Crippen MR) is 72.4 cm³/mol. The molecule has 0 atom stereocenters. The van der Waals surface area contributed by atoms with E-state index in [2.05, 4.69) is 34.0 Å². The van der Waals surface area contributed by atoms with E-state index in [4.69, 9.17) is 0 Å². The average Bonchev–Trinajstić information content (AvgIpc) is 2.32. The largest absolute Gasteiger partial charge is 0.367 e. The summed E-state index contributed by atoms with van der Waals surface area (Å²) in [7, 11) is 0. The Kier molecular flexibility index (Phi) is 5.91. The van der Waals surface area contributed by atoms with Crippen LogP contribution in [0.15, 0.2) is 6.20 Å². The maximum Gasteiger partial charge on any atom is 0.147 e. The minimum atomic E-state index is 0.914. The second kappa shape index (κ2) is 7.22. The zero-order valence-electron chi connectivity index (χ0n) is 11.5. The molecule has 1 rings (SSSR count). The summed E-state index contributed by atoms with van der Waals surface area (Å²) in [6.45, 7) is 12.6. The van der Waals surface area contributed by atoms with E-state index in [1.807, 2.05) is 13.8 Å². The first-order valence-electron chi connectivity index (χ1n) is 6.43. The molecule has 1 aromatic rings. The van der Waals surface area contributed by atoms with Crippen molar-refractivity contribution in [3.63, 3.8) is 0 Å². The molecule has 0 saturated heterocycles. The molecule has 4 nitrogen and oxygen atoms in total. The van der Waals surface area contributed by atoms with E-state index in [0.29, 0.717) is 0 Å². The smallest absolute Gasteiger partial charge is 0.147 e. The van der Waals surface area contributed by atoms with E-state index in [1.54, 1.807) is 6.20 Å². The van der Waals surface area contributed by atoms with Crippen LogP contribution in [0.5, 0.6) is 0 Å². The molecular formula is C13H24N4. The summed E-state index contributed by atoms with van der Waals surface area (Å²) in [6, 6.07) is 0. The number of aromatic nitrogens is 2. The molecule has 1 aromatic heterocycles. The number of rotatable bonds is 7. The first kappa shape index (κ1) is 13.9. The zero-order valence-corrected chi connectivity index (χ0v) is 11.5. The second-order valence-electron chi connectivity index (χ2n) is 4.31. The van der Waals surface area contributed by atoms with Crippen LogP contribution >= 0.6 is 0 Å². The van der Waals surface area contributed by atoms with Gasteiger partial charge in [-0.1, -0.05) is 13.8 Å². The van der Waals surface area contributed by atoms with Gasteiger partial charge in [0.15, 0.2) is 0 Å². The highest BCUT2D eigenvalue weighted by Gasteiger charge is 2.03. The molecule has 0 aliphatic heterocycles. The Hall–Kier alpha value is -1.16. The quantitative estimate of drug-likeness (QED) is 0.788. The van der Waals surface area contributed by atoms with E-state index >= 15 is 0 Å². The first-order valence-corrected chi connectivity index (χ1v) is 6.43. The number of likely N-dealkylation sites (N-methyl/N-ethyl adjacent to an activating group) is 1. The van der Waals surface area contributed by atoms with Crippen LogP contribution in [0, 0.1) is 13.8 Å². The third-order valence-corrected chi connectivity index (χ3v) is 2.78. The molecule has 17 heavy (non-hydrogen) atoms. The van der Waals surface area contributed by atoms with Gasteiger partial charge in [-0.15, -0.1) is 0 Å². The molecular weight excluding hydrogens is 212 g/mol. The fraction of sp³-hybridized carbons (Fsp3) is 0.692. The monoisotopic (exact) mass is 236 g/mol. The molecule has 0 amide bonds. The molecule has 0 unspecified atom stereocenters. The van der Waals surface area contributed by atoms with Gasteiger partial charge >= 0.3 is 0 Å². The number of aryl methyl sites for hydroxylation is 2. The zero-order chi connectivity index (χ0) is 12.7. The lowest BCUT2D eigenvalue weighted by Gasteiger charge is -2.20. The summed E-state index contributed by atoms with van der Waals surface area (Å²) in [5, 5.41) is 3.36. The van der Waals surface area contributed by atoms with E-state index in [9.17, 15) is 0 Å². The van der Waals surface area contributed by atoms with Crippen LogP contribution in [0.4, 0.5) is 5.82 Å². The Bertz CT molecular complexity index is 338. The maximum atomic E-state index is 4.45. The van der Waals surface area contributed by atoms with E-state index in [-0.39, 0.29) is 0 Å². The SMILES string of the molecule is CCCN(CC)CCNc1nc(C)cnc1C. The van der Waals surface area contributed by atoms with Crippen LogP contribution in [0.2, 0.25) is 0 Å². The summed E-state index contributed by atoms with van der Waals surface area (Å²) in [5.41, 5.74) is 1.92. The molecule has 0 radical (unpaired) electrons. The molecule has 96 valence electrons. The fourth-order valence-electron chi connectivity index (χ4n) is 1.78. The lowest BCUT2D eigenvalue weighted by molar-refractivity contribution is 0.300. The van der Waals surface area contributed by atoms with Crippen molar-refractivity contribution in [3.05, 3.63) is 17.6 Å². The van der Waals surface area contributed by atoms with Crippen molar-refractivity contribution in [1.82, 2.24) is 14.9 Å². The molecule has 0 fully saturated rings. The predicted octanol–water partition coefficient (Wildman–Crippen LogP) is 2.24. The van der Waals surface area contributed by atoms with E-state index < -0.39 is 0 Å². The van der Waals surface area contributed by atoms with Crippen LogP contribution in [0.3, 0.4) is 0 Å². The topological polar surface area (TPSA) is 41.0 Å². The van der Waals surface area contributed by atoms with Crippen molar-refractivity contribution in [2.45, 2.75) is 34.1 Å². The first-order chi connectivity index (χ1) is 8.17. The minimum Gasteiger partial charge on any atom is -0.367 e. The van der Waals surface area contributed by atoms with Crippen LogP contribution in [0.25, 0.3) is 0 Å². The van der Waals surface area contributed by atoms with Gasteiger partial charge in [-0.3, -0.25) is 4.98 Å². The van der Waals surface area contributed by atoms with Gasteiger partial charge in [0.1, 0.15) is 5.82 Å². The average molecular weight is 236 g/mol. The van der Waals surface area contributed by atoms with Gasteiger partial charge in [0.2, 0.25) is 0 Å². The molecule has 1 heterocycles. The number of hydrogen-bond acceptors (Lipinski definition) is 4. The second-order valence-corrected chi connectivity index (χ2v) is 4.31. The number of nitrogens with zero attached hydrogens (tertiary/aromatic N) is 3. The van der Waals surface area contributed by atoms with Crippen molar-refractivity contribution >= 4 is 5.82 Å². The summed E-state index contributed by atoms with van der Waals surface area (Å²) in [5.74, 6) is 0.914. The fourth-order valence-corrected chi connectivity index (χ4v) is 1.78. The van der Waals surface area contributed by atoms with E-state index in [0.717, 1.165) is 43.4 Å². The Labute approximate surface area is 104 Å². The Balaban J connectivity index is 2.42. The molecule has 0 aliphatic carbocycles. The summed E-state index contributed by atoms with van der Waals surface area (Å²) < 4.78 is 0. The molecule has 0 aliphatic rings. The summed E-state index contributed by atoms with van der Waals surface area (Å²) in [4.78, 5) is 11.2. The molecule has 4 heteroatoms. The van der Waals surface area contributed by atoms with Crippen molar-refractivity contribution < 1.29 is 0 Å². The number of anilines is 1. The van der Waals surface area contributed by atoms with Crippen LogP contribution in [-0.2, 0) is 0 Å². The van der Waals surface area contributed by atoms with Crippen molar-refractivity contribution in [3.8, 4) is 0 Å². The summed E-state index contributed by atoms with van der Waals surface area (Å²) in [6.07, 6.45) is 3.01. The molecule has 0 spiro atoms. The third-order valence-electron chi connectivity index (χ3n) is 2.78. The van der Waals surface area contributed by atoms with E-state index in [1.165, 1.54) is 6.42 Å². The lowest BCUT2D eigenvalue weighted by Crippen LogP contribution is -2.30.